The molecule has 0 aliphatic rings. The van der Waals surface area contributed by atoms with Crippen molar-refractivity contribution >= 4 is 28.5 Å². The molecule has 0 saturated carbocycles. The van der Waals surface area contributed by atoms with E-state index in [-0.39, 0.29) is 11.7 Å². The minimum Gasteiger partial charge on any atom is -0.504 e. The van der Waals surface area contributed by atoms with Gasteiger partial charge in [-0.25, -0.2) is 9.97 Å². The molecule has 4 nitrogen and oxygen atoms in total. The molecule has 5 heteroatoms. The van der Waals surface area contributed by atoms with Gasteiger partial charge in [-0.1, -0.05) is 0 Å². The molecule has 1 heterocycles. The van der Waals surface area contributed by atoms with E-state index in [1.807, 2.05) is 22.6 Å². The molecule has 1 aromatic rings. The second-order valence-electron chi connectivity index (χ2n) is 1.81. The van der Waals surface area contributed by atoms with Crippen LogP contribution in [0.25, 0.3) is 0 Å². The highest BCUT2D eigenvalue weighted by Gasteiger charge is 2.04. The third-order valence-corrected chi connectivity index (χ3v) is 1.79. The lowest BCUT2D eigenvalue weighted by Crippen LogP contribution is -1.98. The minimum absolute atomic E-state index is 0.106. The Kier molecular flexibility index (Phi) is 1.93. The Hall–Kier alpha value is -0.590. The number of aromatic nitrogens is 2. The maximum absolute atomic E-state index is 9.14. The molecule has 0 spiro atoms. The largest absolute Gasteiger partial charge is 0.504 e. The van der Waals surface area contributed by atoms with Crippen molar-refractivity contribution in [2.24, 2.45) is 0 Å². The summed E-state index contributed by atoms with van der Waals surface area (Å²) in [5.41, 5.74) is 5.80. The van der Waals surface area contributed by atoms with Crippen LogP contribution >= 0.6 is 22.6 Å². The van der Waals surface area contributed by atoms with Gasteiger partial charge in [0.25, 0.3) is 0 Å². The molecule has 0 amide bonds. The zero-order valence-electron chi connectivity index (χ0n) is 5.30. The Balaban J connectivity index is 3.31. The number of aryl methyl sites for hydroxylation is 1. The van der Waals surface area contributed by atoms with Gasteiger partial charge < -0.3 is 10.8 Å². The van der Waals surface area contributed by atoms with Crippen molar-refractivity contribution in [3.8, 4) is 5.75 Å². The Morgan fingerprint density at radius 1 is 1.50 bits per heavy atom. The molecule has 10 heavy (non-hydrogen) atoms. The number of nitrogen functional groups attached to an aromatic ring is 1. The van der Waals surface area contributed by atoms with Crippen LogP contribution in [-0.4, -0.2) is 15.1 Å². The highest BCUT2D eigenvalue weighted by Crippen LogP contribution is 2.20. The molecular formula is C5H6IN3O. The van der Waals surface area contributed by atoms with Crippen molar-refractivity contribution in [2.45, 2.75) is 6.92 Å². The minimum atomic E-state index is 0.106. The second-order valence-corrected chi connectivity index (χ2v) is 2.83. The van der Waals surface area contributed by atoms with Crippen LogP contribution in [0.1, 0.15) is 5.69 Å². The molecule has 0 atom stereocenters. The molecule has 0 saturated heterocycles. The number of aromatic hydroxyl groups is 1. The van der Waals surface area contributed by atoms with Crippen molar-refractivity contribution < 1.29 is 5.11 Å². The smallest absolute Gasteiger partial charge is 0.221 e. The first-order chi connectivity index (χ1) is 4.61. The van der Waals surface area contributed by atoms with E-state index in [1.165, 1.54) is 0 Å². The highest BCUT2D eigenvalue weighted by molar-refractivity contribution is 14.1. The SMILES string of the molecule is Cc1nc(N)nc(I)c1O. The molecule has 0 bridgehead atoms. The summed E-state index contributed by atoms with van der Waals surface area (Å²) in [4.78, 5) is 7.48. The molecule has 3 N–H and O–H groups in total. The predicted molar refractivity (Wildman–Crippen MR) is 45.6 cm³/mol. The topological polar surface area (TPSA) is 72.0 Å². The van der Waals surface area contributed by atoms with Gasteiger partial charge in [0.05, 0.1) is 5.69 Å². The van der Waals surface area contributed by atoms with Crippen LogP contribution in [0.2, 0.25) is 0 Å². The summed E-state index contributed by atoms with van der Waals surface area (Å²) in [6.45, 7) is 1.68. The first-order valence-electron chi connectivity index (χ1n) is 2.60. The van der Waals surface area contributed by atoms with Crippen LogP contribution in [0.5, 0.6) is 5.75 Å². The molecule has 0 fully saturated rings. The average Bonchev–Trinajstić information content (AvgIpc) is 1.82. The number of nitrogens with two attached hydrogens (primary N) is 1. The van der Waals surface area contributed by atoms with Crippen LogP contribution in [0.3, 0.4) is 0 Å². The predicted octanol–water partition coefficient (Wildman–Crippen LogP) is 0.677. The van der Waals surface area contributed by atoms with E-state index in [9.17, 15) is 0 Å². The maximum Gasteiger partial charge on any atom is 0.221 e. The van der Waals surface area contributed by atoms with Gasteiger partial charge in [-0.15, -0.1) is 0 Å². The summed E-state index contributed by atoms with van der Waals surface area (Å²) >= 11 is 1.89. The van der Waals surface area contributed by atoms with Gasteiger partial charge in [0.15, 0.2) is 5.75 Å². The Morgan fingerprint density at radius 3 is 2.60 bits per heavy atom. The van der Waals surface area contributed by atoms with E-state index in [0.717, 1.165) is 0 Å². The first kappa shape index (κ1) is 7.52. The van der Waals surface area contributed by atoms with Crippen molar-refractivity contribution in [2.75, 3.05) is 5.73 Å². The Bertz CT molecular complexity index is 240. The van der Waals surface area contributed by atoms with Gasteiger partial charge in [-0.2, -0.15) is 0 Å². The van der Waals surface area contributed by atoms with Crippen LogP contribution in [0.4, 0.5) is 5.95 Å². The first-order valence-corrected chi connectivity index (χ1v) is 3.67. The number of nitrogens with zero attached hydrogens (tertiary/aromatic N) is 2. The van der Waals surface area contributed by atoms with Crippen LogP contribution in [-0.2, 0) is 0 Å². The van der Waals surface area contributed by atoms with E-state index in [4.69, 9.17) is 10.8 Å². The zero-order valence-corrected chi connectivity index (χ0v) is 7.45. The molecule has 0 unspecified atom stereocenters. The third kappa shape index (κ3) is 1.28. The standard InChI is InChI=1S/C5H6IN3O/c1-2-3(10)4(6)9-5(7)8-2/h10H,1H3,(H2,7,8,9). The van der Waals surface area contributed by atoms with Crippen molar-refractivity contribution in [1.29, 1.82) is 0 Å². The van der Waals surface area contributed by atoms with Crippen molar-refractivity contribution in [3.63, 3.8) is 0 Å². The summed E-state index contributed by atoms with van der Waals surface area (Å²) in [6.07, 6.45) is 0. The van der Waals surface area contributed by atoms with Crippen molar-refractivity contribution in [3.05, 3.63) is 9.39 Å². The second kappa shape index (κ2) is 2.57. The van der Waals surface area contributed by atoms with Gasteiger partial charge in [-0.3, -0.25) is 0 Å². The van der Waals surface area contributed by atoms with E-state index < -0.39 is 0 Å². The van der Waals surface area contributed by atoms with Crippen LogP contribution in [0, 0.1) is 10.6 Å². The van der Waals surface area contributed by atoms with E-state index in [0.29, 0.717) is 9.39 Å². The number of hydrogen-bond acceptors (Lipinski definition) is 4. The van der Waals surface area contributed by atoms with E-state index in [1.54, 1.807) is 6.92 Å². The van der Waals surface area contributed by atoms with Gasteiger partial charge >= 0.3 is 0 Å². The lowest BCUT2D eigenvalue weighted by Gasteiger charge is -1.99. The van der Waals surface area contributed by atoms with Gasteiger partial charge in [-0.05, 0) is 29.5 Å². The fourth-order valence-electron chi connectivity index (χ4n) is 0.553. The monoisotopic (exact) mass is 251 g/mol. The van der Waals surface area contributed by atoms with Crippen molar-refractivity contribution in [1.82, 2.24) is 9.97 Å². The van der Waals surface area contributed by atoms with E-state index in [2.05, 4.69) is 9.97 Å². The summed E-state index contributed by atoms with van der Waals surface area (Å²) in [5.74, 6) is 0.300. The number of halogens is 1. The number of anilines is 1. The lowest BCUT2D eigenvalue weighted by molar-refractivity contribution is 0.460. The molecule has 0 aromatic carbocycles. The highest BCUT2D eigenvalue weighted by atomic mass is 127. The molecule has 1 rings (SSSR count). The van der Waals surface area contributed by atoms with Crippen LogP contribution < -0.4 is 5.73 Å². The summed E-state index contributed by atoms with van der Waals surface area (Å²) in [5, 5.41) is 9.14. The van der Waals surface area contributed by atoms with Gasteiger partial charge in [0.2, 0.25) is 5.95 Å². The summed E-state index contributed by atoms with van der Waals surface area (Å²) in [6, 6.07) is 0. The molecule has 0 radical (unpaired) electrons. The molecule has 0 aliphatic heterocycles. The molecule has 54 valence electrons. The van der Waals surface area contributed by atoms with Gasteiger partial charge in [0.1, 0.15) is 3.70 Å². The van der Waals surface area contributed by atoms with E-state index >= 15 is 0 Å². The van der Waals surface area contributed by atoms with Gasteiger partial charge in [0, 0.05) is 0 Å². The molecule has 1 aromatic heterocycles. The number of rotatable bonds is 0. The summed E-state index contributed by atoms with van der Waals surface area (Å²) in [7, 11) is 0. The maximum atomic E-state index is 9.14. The van der Waals surface area contributed by atoms with Crippen LogP contribution in [0.15, 0.2) is 0 Å². The Morgan fingerprint density at radius 2 is 2.10 bits per heavy atom. The third-order valence-electron chi connectivity index (χ3n) is 1.03. The zero-order chi connectivity index (χ0) is 7.72. The lowest BCUT2D eigenvalue weighted by atomic mass is 10.4. The normalized spacial score (nSPS) is 9.80. The average molecular weight is 251 g/mol. The molecular weight excluding hydrogens is 245 g/mol. The number of hydrogen-bond donors (Lipinski definition) is 2. The quantitative estimate of drug-likeness (QED) is 0.525. The fourth-order valence-corrected chi connectivity index (χ4v) is 1.19. The fraction of sp³-hybridized carbons (Fsp3) is 0.200. The molecule has 0 aliphatic carbocycles. The Labute approximate surface area is 71.6 Å². The summed E-state index contributed by atoms with van der Waals surface area (Å²) < 4.78 is 0.489.